The van der Waals surface area contributed by atoms with Crippen molar-refractivity contribution in [2.45, 2.75) is 43.7 Å². The van der Waals surface area contributed by atoms with Gasteiger partial charge in [0, 0.05) is 22.5 Å². The van der Waals surface area contributed by atoms with Gasteiger partial charge in [-0.2, -0.15) is 0 Å². The van der Waals surface area contributed by atoms with Crippen LogP contribution in [0, 0.1) is 0 Å². The van der Waals surface area contributed by atoms with Gasteiger partial charge in [0.25, 0.3) is 0 Å². The Bertz CT molecular complexity index is 653. The number of likely N-dealkylation sites (tertiary alicyclic amines) is 1. The van der Waals surface area contributed by atoms with Gasteiger partial charge in [-0.05, 0) is 50.4 Å². The number of thiazole rings is 1. The van der Waals surface area contributed by atoms with Gasteiger partial charge >= 0.3 is 0 Å². The summed E-state index contributed by atoms with van der Waals surface area (Å²) in [6.07, 6.45) is 4.81. The minimum atomic E-state index is 0.316. The summed E-state index contributed by atoms with van der Waals surface area (Å²) >= 11 is 5.36. The van der Waals surface area contributed by atoms with Crippen LogP contribution in [0.15, 0.2) is 22.7 Å². The number of fused-ring (bicyclic) bond motifs is 1. The minimum Gasteiger partial charge on any atom is -0.395 e. The molecule has 0 bridgehead atoms. The second-order valence-corrected chi connectivity index (χ2v) is 8.18. The third-order valence-electron chi connectivity index (χ3n) is 4.93. The lowest BCUT2D eigenvalue weighted by Crippen LogP contribution is -2.47. The largest absolute Gasteiger partial charge is 0.395 e. The molecule has 4 rings (SSSR count). The number of hydrogen-bond acceptors (Lipinski definition) is 4. The van der Waals surface area contributed by atoms with Gasteiger partial charge in [0.2, 0.25) is 0 Å². The van der Waals surface area contributed by atoms with E-state index in [2.05, 4.69) is 39.0 Å². The second-order valence-electron chi connectivity index (χ2n) is 6.20. The lowest BCUT2D eigenvalue weighted by Gasteiger charge is -2.42. The van der Waals surface area contributed by atoms with Crippen molar-refractivity contribution in [3.63, 3.8) is 0 Å². The van der Waals surface area contributed by atoms with Gasteiger partial charge in [-0.1, -0.05) is 15.9 Å². The Morgan fingerprint density at radius 2 is 2.24 bits per heavy atom. The fourth-order valence-corrected chi connectivity index (χ4v) is 5.33. The zero-order valence-corrected chi connectivity index (χ0v) is 14.2. The number of hydrogen-bond donors (Lipinski definition) is 1. The molecule has 1 N–H and O–H groups in total. The van der Waals surface area contributed by atoms with Gasteiger partial charge in [-0.15, -0.1) is 11.3 Å². The van der Waals surface area contributed by atoms with Crippen LogP contribution in [0.3, 0.4) is 0 Å². The van der Waals surface area contributed by atoms with E-state index >= 15 is 0 Å². The third kappa shape index (κ3) is 2.54. The van der Waals surface area contributed by atoms with Crippen LogP contribution in [0.25, 0.3) is 10.2 Å². The van der Waals surface area contributed by atoms with Gasteiger partial charge in [-0.3, -0.25) is 4.90 Å². The Labute approximate surface area is 137 Å². The molecule has 1 aliphatic heterocycles. The molecule has 2 aromatic rings. The fourth-order valence-electron chi connectivity index (χ4n) is 3.69. The summed E-state index contributed by atoms with van der Waals surface area (Å²) in [7, 11) is 0. The predicted molar refractivity (Wildman–Crippen MR) is 89.9 cm³/mol. The maximum Gasteiger partial charge on any atom is 0.0970 e. The summed E-state index contributed by atoms with van der Waals surface area (Å²) in [5, 5.41) is 10.7. The first-order valence-electron chi connectivity index (χ1n) is 7.67. The Balaban J connectivity index is 1.46. The van der Waals surface area contributed by atoms with Crippen LogP contribution in [-0.2, 0) is 0 Å². The number of aliphatic hydroxyl groups is 1. The molecular weight excluding hydrogens is 348 g/mol. The first kappa shape index (κ1) is 14.1. The molecule has 1 aliphatic carbocycles. The molecule has 1 saturated heterocycles. The Morgan fingerprint density at radius 3 is 3.05 bits per heavy atom. The lowest BCUT2D eigenvalue weighted by atomic mass is 9.79. The Morgan fingerprint density at radius 1 is 1.38 bits per heavy atom. The molecule has 3 nitrogen and oxygen atoms in total. The summed E-state index contributed by atoms with van der Waals surface area (Å²) in [5.74, 6) is 0.617. The van der Waals surface area contributed by atoms with E-state index in [1.54, 1.807) is 0 Å². The molecule has 1 saturated carbocycles. The average Bonchev–Trinajstić information content (AvgIpc) is 3.03. The second kappa shape index (κ2) is 5.61. The lowest BCUT2D eigenvalue weighted by molar-refractivity contribution is 0.0662. The number of aromatic nitrogens is 1. The third-order valence-corrected chi connectivity index (χ3v) is 6.61. The van der Waals surface area contributed by atoms with Crippen LogP contribution >= 0.6 is 27.3 Å². The van der Waals surface area contributed by atoms with Gasteiger partial charge in [-0.25, -0.2) is 4.98 Å². The van der Waals surface area contributed by atoms with E-state index in [0.29, 0.717) is 24.6 Å². The van der Waals surface area contributed by atoms with Crippen molar-refractivity contribution in [1.82, 2.24) is 9.88 Å². The standard InChI is InChI=1S/C16H19BrN2OS/c17-11-3-4-14-15(8-11)21-16(18-14)10-6-13(7-10)19-5-1-2-12(19)9-20/h3-4,8,10,12-13,20H,1-2,5-7,9H2/t10?,12-,13?/m0/s1. The number of nitrogens with zero attached hydrogens (tertiary/aromatic N) is 2. The molecule has 0 amide bonds. The predicted octanol–water partition coefficient (Wildman–Crippen LogP) is 3.76. The van der Waals surface area contributed by atoms with Crippen LogP contribution in [0.2, 0.25) is 0 Å². The van der Waals surface area contributed by atoms with E-state index in [1.807, 2.05) is 11.3 Å². The smallest absolute Gasteiger partial charge is 0.0970 e. The highest BCUT2D eigenvalue weighted by atomic mass is 79.9. The average molecular weight is 367 g/mol. The molecule has 0 unspecified atom stereocenters. The SMILES string of the molecule is OC[C@@H]1CCCN1C1CC(c2nc3ccc(Br)cc3s2)C1. The summed E-state index contributed by atoms with van der Waals surface area (Å²) in [4.78, 5) is 7.33. The van der Waals surface area contributed by atoms with Crippen molar-refractivity contribution in [1.29, 1.82) is 0 Å². The van der Waals surface area contributed by atoms with Gasteiger partial charge in [0.15, 0.2) is 0 Å². The van der Waals surface area contributed by atoms with Gasteiger partial charge in [0.1, 0.15) is 0 Å². The highest BCUT2D eigenvalue weighted by molar-refractivity contribution is 9.10. The monoisotopic (exact) mass is 366 g/mol. The Kier molecular flexibility index (Phi) is 3.78. The van der Waals surface area contributed by atoms with Crippen molar-refractivity contribution < 1.29 is 5.11 Å². The van der Waals surface area contributed by atoms with E-state index in [0.717, 1.165) is 23.0 Å². The molecule has 2 fully saturated rings. The van der Waals surface area contributed by atoms with Crippen molar-refractivity contribution in [2.24, 2.45) is 0 Å². The normalized spacial score (nSPS) is 29.9. The van der Waals surface area contributed by atoms with Crippen molar-refractivity contribution >= 4 is 37.5 Å². The van der Waals surface area contributed by atoms with Crippen LogP contribution in [0.5, 0.6) is 0 Å². The maximum atomic E-state index is 9.45. The minimum absolute atomic E-state index is 0.316. The maximum absolute atomic E-state index is 9.45. The summed E-state index contributed by atoms with van der Waals surface area (Å²) in [5.41, 5.74) is 1.12. The molecular formula is C16H19BrN2OS. The molecule has 0 spiro atoms. The molecule has 1 aromatic heterocycles. The number of benzene rings is 1. The van der Waals surface area contributed by atoms with Crippen LogP contribution < -0.4 is 0 Å². The van der Waals surface area contributed by atoms with Gasteiger partial charge in [0.05, 0.1) is 21.8 Å². The first-order chi connectivity index (χ1) is 10.2. The van der Waals surface area contributed by atoms with E-state index in [9.17, 15) is 5.11 Å². The zero-order valence-electron chi connectivity index (χ0n) is 11.8. The summed E-state index contributed by atoms with van der Waals surface area (Å²) < 4.78 is 2.40. The van der Waals surface area contributed by atoms with Crippen molar-refractivity contribution in [3.05, 3.63) is 27.7 Å². The number of aliphatic hydroxyl groups excluding tert-OH is 1. The molecule has 5 heteroatoms. The topological polar surface area (TPSA) is 36.4 Å². The van der Waals surface area contributed by atoms with Crippen LogP contribution in [0.4, 0.5) is 0 Å². The number of halogens is 1. The van der Waals surface area contributed by atoms with E-state index in [4.69, 9.17) is 4.98 Å². The van der Waals surface area contributed by atoms with E-state index < -0.39 is 0 Å². The molecule has 0 radical (unpaired) electrons. The van der Waals surface area contributed by atoms with E-state index in [1.165, 1.54) is 29.0 Å². The molecule has 2 heterocycles. The van der Waals surface area contributed by atoms with Crippen LogP contribution in [0.1, 0.15) is 36.6 Å². The first-order valence-corrected chi connectivity index (χ1v) is 9.28. The molecule has 1 aromatic carbocycles. The van der Waals surface area contributed by atoms with Crippen molar-refractivity contribution in [3.8, 4) is 0 Å². The van der Waals surface area contributed by atoms with E-state index in [-0.39, 0.29) is 0 Å². The zero-order chi connectivity index (χ0) is 14.4. The quantitative estimate of drug-likeness (QED) is 0.898. The highest BCUT2D eigenvalue weighted by Gasteiger charge is 2.40. The summed E-state index contributed by atoms with van der Waals surface area (Å²) in [6, 6.07) is 7.38. The molecule has 21 heavy (non-hydrogen) atoms. The molecule has 2 aliphatic rings. The van der Waals surface area contributed by atoms with Gasteiger partial charge < -0.3 is 5.11 Å². The highest BCUT2D eigenvalue weighted by Crippen LogP contribution is 2.44. The molecule has 1 atom stereocenters. The summed E-state index contributed by atoms with van der Waals surface area (Å²) in [6.45, 7) is 1.48. The molecule has 112 valence electrons. The van der Waals surface area contributed by atoms with Crippen LogP contribution in [-0.4, -0.2) is 40.2 Å². The van der Waals surface area contributed by atoms with Crippen molar-refractivity contribution in [2.75, 3.05) is 13.2 Å². The fraction of sp³-hybridized carbons (Fsp3) is 0.562. The number of rotatable bonds is 3. The Hall–Kier alpha value is -0.490.